The third kappa shape index (κ3) is 3.85. The third-order valence-electron chi connectivity index (χ3n) is 5.39. The second kappa shape index (κ2) is 8.07. The molecule has 2 aromatic rings. The Morgan fingerprint density at radius 2 is 1.73 bits per heavy atom. The van der Waals surface area contributed by atoms with Gasteiger partial charge in [0.15, 0.2) is 0 Å². The van der Waals surface area contributed by atoms with E-state index in [1.807, 2.05) is 26.0 Å². The molecule has 0 saturated heterocycles. The number of aryl methyl sites for hydroxylation is 4. The van der Waals surface area contributed by atoms with Crippen LogP contribution in [0.4, 0.5) is 4.39 Å². The minimum absolute atomic E-state index is 0.0746. The fourth-order valence-corrected chi connectivity index (χ4v) is 3.84. The predicted molar refractivity (Wildman–Crippen MR) is 107 cm³/mol. The van der Waals surface area contributed by atoms with Crippen molar-refractivity contribution in [3.8, 4) is 11.1 Å². The molecule has 2 aromatic carbocycles. The van der Waals surface area contributed by atoms with Crippen molar-refractivity contribution in [3.05, 3.63) is 69.7 Å². The number of hydrogen-bond acceptors (Lipinski definition) is 1. The molecule has 0 N–H and O–H groups in total. The third-order valence-corrected chi connectivity index (χ3v) is 5.39. The minimum Gasteiger partial charge on any atom is -0.498 e. The van der Waals surface area contributed by atoms with Crippen LogP contribution in [0.3, 0.4) is 0 Å². The molecular weight excluding hydrogens is 323 g/mol. The topological polar surface area (TPSA) is 9.23 Å². The summed E-state index contributed by atoms with van der Waals surface area (Å²) in [5.41, 5.74) is 7.73. The van der Waals surface area contributed by atoms with Crippen molar-refractivity contribution in [2.24, 2.45) is 0 Å². The Kier molecular flexibility index (Phi) is 5.80. The molecule has 0 spiro atoms. The van der Waals surface area contributed by atoms with E-state index in [2.05, 4.69) is 32.0 Å². The monoisotopic (exact) mass is 352 g/mol. The molecule has 1 saturated carbocycles. The van der Waals surface area contributed by atoms with Gasteiger partial charge in [-0.3, -0.25) is 0 Å². The molecule has 138 valence electrons. The molecule has 1 aliphatic carbocycles. The zero-order chi connectivity index (χ0) is 18.7. The van der Waals surface area contributed by atoms with Crippen molar-refractivity contribution in [2.45, 2.75) is 59.8 Å². The second-order valence-electron chi connectivity index (χ2n) is 7.35. The van der Waals surface area contributed by atoms with Crippen LogP contribution in [0.25, 0.3) is 11.1 Å². The summed E-state index contributed by atoms with van der Waals surface area (Å²) in [6.45, 7) is 8.81. The van der Waals surface area contributed by atoms with Crippen LogP contribution in [-0.4, -0.2) is 6.61 Å². The van der Waals surface area contributed by atoms with E-state index < -0.39 is 0 Å². The van der Waals surface area contributed by atoms with Gasteiger partial charge in [0.25, 0.3) is 0 Å². The van der Waals surface area contributed by atoms with Crippen LogP contribution >= 0.6 is 0 Å². The zero-order valence-electron chi connectivity index (χ0n) is 16.4. The highest BCUT2D eigenvalue weighted by molar-refractivity contribution is 5.72. The Labute approximate surface area is 156 Å². The Morgan fingerprint density at radius 3 is 2.31 bits per heavy atom. The number of halogens is 1. The van der Waals surface area contributed by atoms with Crippen LogP contribution in [0.15, 0.2) is 41.7 Å². The molecule has 3 rings (SSSR count). The van der Waals surface area contributed by atoms with Gasteiger partial charge in [-0.25, -0.2) is 4.39 Å². The highest BCUT2D eigenvalue weighted by Gasteiger charge is 2.17. The molecule has 2 heteroatoms. The minimum atomic E-state index is -0.0746. The molecule has 0 bridgehead atoms. The highest BCUT2D eigenvalue weighted by atomic mass is 19.1. The smallest absolute Gasteiger partial charge is 0.129 e. The predicted octanol–water partition coefficient (Wildman–Crippen LogP) is 6.83. The molecule has 1 fully saturated rings. The van der Waals surface area contributed by atoms with Crippen LogP contribution in [0.1, 0.15) is 54.9 Å². The Balaban J connectivity index is 1.92. The lowest BCUT2D eigenvalue weighted by atomic mass is 9.88. The van der Waals surface area contributed by atoms with E-state index in [0.29, 0.717) is 13.0 Å². The van der Waals surface area contributed by atoms with Gasteiger partial charge in [-0.1, -0.05) is 18.2 Å². The van der Waals surface area contributed by atoms with Gasteiger partial charge in [0, 0.05) is 6.42 Å². The summed E-state index contributed by atoms with van der Waals surface area (Å²) in [6, 6.07) is 10.3. The van der Waals surface area contributed by atoms with Crippen LogP contribution in [-0.2, 0) is 11.2 Å². The molecule has 1 nitrogen and oxygen atoms in total. The van der Waals surface area contributed by atoms with Crippen LogP contribution in [0.2, 0.25) is 0 Å². The number of rotatable bonds is 6. The number of ether oxygens (including phenoxy) is 1. The molecule has 0 heterocycles. The van der Waals surface area contributed by atoms with Crippen molar-refractivity contribution in [2.75, 3.05) is 6.61 Å². The lowest BCUT2D eigenvalue weighted by Gasteiger charge is -2.22. The molecule has 0 unspecified atom stereocenters. The molecule has 1 aliphatic rings. The van der Waals surface area contributed by atoms with E-state index in [9.17, 15) is 4.39 Å². The average molecular weight is 352 g/mol. The Morgan fingerprint density at radius 1 is 1.04 bits per heavy atom. The summed E-state index contributed by atoms with van der Waals surface area (Å²) in [4.78, 5) is 0. The maximum atomic E-state index is 14.8. The zero-order valence-corrected chi connectivity index (χ0v) is 16.4. The maximum absolute atomic E-state index is 14.8. The first-order valence-electron chi connectivity index (χ1n) is 9.70. The number of hydrogen-bond donors (Lipinski definition) is 0. The fourth-order valence-electron chi connectivity index (χ4n) is 3.84. The van der Waals surface area contributed by atoms with Crippen molar-refractivity contribution < 1.29 is 9.13 Å². The second-order valence-corrected chi connectivity index (χ2v) is 7.35. The summed E-state index contributed by atoms with van der Waals surface area (Å²) in [5.74, 6) is 1.02. The van der Waals surface area contributed by atoms with Gasteiger partial charge in [-0.2, -0.15) is 0 Å². The van der Waals surface area contributed by atoms with Crippen molar-refractivity contribution >= 4 is 0 Å². The number of allylic oxidation sites excluding steroid dienone is 2. The lowest BCUT2D eigenvalue weighted by molar-refractivity contribution is 0.208. The van der Waals surface area contributed by atoms with Crippen LogP contribution in [0.5, 0.6) is 0 Å². The first-order valence-corrected chi connectivity index (χ1v) is 9.70. The fraction of sp³-hybridized carbons (Fsp3) is 0.417. The van der Waals surface area contributed by atoms with Crippen molar-refractivity contribution in [3.63, 3.8) is 0 Å². The van der Waals surface area contributed by atoms with Gasteiger partial charge >= 0.3 is 0 Å². The normalized spacial score (nSPS) is 13.5. The first kappa shape index (κ1) is 18.7. The van der Waals surface area contributed by atoms with Gasteiger partial charge < -0.3 is 4.74 Å². The van der Waals surface area contributed by atoms with E-state index in [4.69, 9.17) is 4.74 Å². The van der Waals surface area contributed by atoms with Crippen molar-refractivity contribution in [1.82, 2.24) is 0 Å². The molecule has 0 aliphatic heterocycles. The van der Waals surface area contributed by atoms with Crippen molar-refractivity contribution in [1.29, 1.82) is 0 Å². The quantitative estimate of drug-likeness (QED) is 0.518. The average Bonchev–Trinajstić information content (AvgIpc) is 2.54. The highest BCUT2D eigenvalue weighted by Crippen LogP contribution is 2.33. The van der Waals surface area contributed by atoms with E-state index in [1.165, 1.54) is 28.7 Å². The van der Waals surface area contributed by atoms with Crippen LogP contribution < -0.4 is 0 Å². The van der Waals surface area contributed by atoms with Gasteiger partial charge in [-0.05, 0) is 104 Å². The summed E-state index contributed by atoms with van der Waals surface area (Å²) in [5, 5.41) is 0. The Hall–Kier alpha value is -2.09. The van der Waals surface area contributed by atoms with Gasteiger partial charge in [0.2, 0.25) is 0 Å². The van der Waals surface area contributed by atoms with E-state index >= 15 is 0 Å². The largest absolute Gasteiger partial charge is 0.498 e. The molecule has 0 radical (unpaired) electrons. The van der Waals surface area contributed by atoms with Crippen LogP contribution in [0, 0.1) is 26.6 Å². The Bertz CT molecular complexity index is 806. The molecule has 0 amide bonds. The molecular formula is C24H29FO. The van der Waals surface area contributed by atoms with Gasteiger partial charge in [0.1, 0.15) is 5.82 Å². The summed E-state index contributed by atoms with van der Waals surface area (Å²) in [7, 11) is 0. The maximum Gasteiger partial charge on any atom is 0.129 e. The molecule has 0 atom stereocenters. The molecule has 0 aromatic heterocycles. The van der Waals surface area contributed by atoms with E-state index in [1.54, 1.807) is 0 Å². The SMILES string of the molecule is CCOC(CCc1cc(-c2c(C)cccc2C)cc(C)c1F)=C1CCC1. The lowest BCUT2D eigenvalue weighted by Crippen LogP contribution is -2.07. The van der Waals surface area contributed by atoms with E-state index in [-0.39, 0.29) is 5.82 Å². The number of benzene rings is 2. The standard InChI is InChI=1S/C24H29FO/c1-5-26-22(19-10-7-11-19)13-12-20-15-21(14-18(4)24(20)25)23-16(2)8-6-9-17(23)3/h6,8-9,14-15H,5,7,10-13H2,1-4H3. The van der Waals surface area contributed by atoms with Gasteiger partial charge in [0.05, 0.1) is 12.4 Å². The summed E-state index contributed by atoms with van der Waals surface area (Å²) < 4.78 is 20.6. The summed E-state index contributed by atoms with van der Waals surface area (Å²) >= 11 is 0. The first-order chi connectivity index (χ1) is 12.5. The molecule has 26 heavy (non-hydrogen) atoms. The summed E-state index contributed by atoms with van der Waals surface area (Å²) in [6.07, 6.45) is 5.00. The van der Waals surface area contributed by atoms with Gasteiger partial charge in [-0.15, -0.1) is 0 Å². The van der Waals surface area contributed by atoms with E-state index in [0.717, 1.165) is 41.7 Å².